The van der Waals surface area contributed by atoms with E-state index in [0.717, 1.165) is 24.3 Å². The molecule has 1 atom stereocenters. The molecule has 140 valence electrons. The third kappa shape index (κ3) is 4.42. The predicted octanol–water partition coefficient (Wildman–Crippen LogP) is 2.16. The second kappa shape index (κ2) is 7.60. The van der Waals surface area contributed by atoms with E-state index in [-0.39, 0.29) is 11.4 Å². The van der Waals surface area contributed by atoms with Crippen LogP contribution in [0.1, 0.15) is 23.0 Å². The molecular formula is C15H14F2N2O6S. The number of esters is 1. The van der Waals surface area contributed by atoms with Gasteiger partial charge in [-0.15, -0.1) is 0 Å². The summed E-state index contributed by atoms with van der Waals surface area (Å²) >= 11 is 0. The van der Waals surface area contributed by atoms with Crippen molar-refractivity contribution in [2.24, 2.45) is 0 Å². The number of alkyl halides is 2. The van der Waals surface area contributed by atoms with Gasteiger partial charge >= 0.3 is 11.7 Å². The highest BCUT2D eigenvalue weighted by atomic mass is 32.2. The van der Waals surface area contributed by atoms with Gasteiger partial charge in [-0.25, -0.2) is 13.2 Å². The predicted molar refractivity (Wildman–Crippen MR) is 84.4 cm³/mol. The molecule has 0 saturated heterocycles. The molecule has 11 heteroatoms. The maximum absolute atomic E-state index is 12.5. The maximum Gasteiger partial charge on any atom is 0.341 e. The van der Waals surface area contributed by atoms with Gasteiger partial charge in [0.2, 0.25) is 9.84 Å². The molecule has 1 heterocycles. The molecule has 0 bridgehead atoms. The molecule has 2 rings (SSSR count). The Morgan fingerprint density at radius 2 is 1.85 bits per heavy atom. The van der Waals surface area contributed by atoms with Crippen molar-refractivity contribution in [3.05, 3.63) is 41.7 Å². The van der Waals surface area contributed by atoms with E-state index in [0.29, 0.717) is 5.76 Å². The van der Waals surface area contributed by atoms with E-state index < -0.39 is 38.5 Å². The first-order valence-electron chi connectivity index (χ1n) is 7.18. The molecule has 0 aliphatic carbocycles. The van der Waals surface area contributed by atoms with E-state index in [4.69, 9.17) is 9.26 Å². The fourth-order valence-electron chi connectivity index (χ4n) is 1.82. The number of anilines is 1. The number of carbonyl (C=O) groups is 2. The number of aromatic nitrogens is 1. The van der Waals surface area contributed by atoms with E-state index in [1.54, 1.807) is 6.92 Å². The van der Waals surface area contributed by atoms with Crippen molar-refractivity contribution in [3.63, 3.8) is 0 Å². The van der Waals surface area contributed by atoms with Crippen molar-refractivity contribution in [2.75, 3.05) is 5.32 Å². The van der Waals surface area contributed by atoms with E-state index >= 15 is 0 Å². The minimum atomic E-state index is -4.75. The standard InChI is InChI=1S/C15H14F2N2O6S/c1-8-7-12(19-25-8)18-13(20)9(2)24-14(21)10-3-5-11(6-4-10)26(22,23)15(16)17/h3-7,9,15H,1-2H3,(H,18,19,20)/t9-/m1/s1. The van der Waals surface area contributed by atoms with E-state index in [2.05, 4.69) is 10.5 Å². The van der Waals surface area contributed by atoms with Gasteiger partial charge in [-0.05, 0) is 38.1 Å². The van der Waals surface area contributed by atoms with Crippen molar-refractivity contribution >= 4 is 27.5 Å². The SMILES string of the molecule is Cc1cc(NC(=O)[C@@H](C)OC(=O)c2ccc(S(=O)(=O)C(F)F)cc2)no1. The van der Waals surface area contributed by atoms with Gasteiger partial charge in [0.05, 0.1) is 10.5 Å². The summed E-state index contributed by atoms with van der Waals surface area (Å²) < 4.78 is 57.3. The smallest absolute Gasteiger partial charge is 0.341 e. The number of ether oxygens (including phenoxy) is 1. The van der Waals surface area contributed by atoms with Gasteiger partial charge in [0.1, 0.15) is 5.76 Å². The molecular weight excluding hydrogens is 374 g/mol. The second-order valence-corrected chi connectivity index (χ2v) is 7.11. The molecule has 2 aromatic rings. The Labute approximate surface area is 147 Å². The topological polar surface area (TPSA) is 116 Å². The second-order valence-electron chi connectivity index (χ2n) is 5.19. The summed E-state index contributed by atoms with van der Waals surface area (Å²) in [6, 6.07) is 5.23. The number of benzene rings is 1. The van der Waals surface area contributed by atoms with Gasteiger partial charge in [-0.2, -0.15) is 8.78 Å². The number of carbonyl (C=O) groups excluding carboxylic acids is 2. The van der Waals surface area contributed by atoms with Crippen LogP contribution >= 0.6 is 0 Å². The summed E-state index contributed by atoms with van der Waals surface area (Å²) in [5.41, 5.74) is -0.102. The highest BCUT2D eigenvalue weighted by Crippen LogP contribution is 2.19. The number of amides is 1. The van der Waals surface area contributed by atoms with Gasteiger partial charge in [0.15, 0.2) is 11.9 Å². The van der Waals surface area contributed by atoms with Crippen molar-refractivity contribution < 1.29 is 36.0 Å². The number of sulfone groups is 1. The monoisotopic (exact) mass is 388 g/mol. The lowest BCUT2D eigenvalue weighted by Gasteiger charge is -2.12. The first-order valence-corrected chi connectivity index (χ1v) is 8.73. The number of nitrogens with zero attached hydrogens (tertiary/aromatic N) is 1. The fraction of sp³-hybridized carbons (Fsp3) is 0.267. The lowest BCUT2D eigenvalue weighted by Crippen LogP contribution is -2.30. The van der Waals surface area contributed by atoms with Crippen molar-refractivity contribution in [2.45, 2.75) is 30.6 Å². The van der Waals surface area contributed by atoms with Gasteiger partial charge in [0.25, 0.3) is 5.91 Å². The number of hydrogen-bond donors (Lipinski definition) is 1. The molecule has 8 nitrogen and oxygen atoms in total. The van der Waals surface area contributed by atoms with E-state index in [1.165, 1.54) is 13.0 Å². The average molecular weight is 388 g/mol. The van der Waals surface area contributed by atoms with Crippen LogP contribution in [0.3, 0.4) is 0 Å². The Kier molecular flexibility index (Phi) is 5.70. The number of halogens is 2. The van der Waals surface area contributed by atoms with Gasteiger partial charge in [0, 0.05) is 6.07 Å². The zero-order valence-corrected chi connectivity index (χ0v) is 14.4. The van der Waals surface area contributed by atoms with Crippen LogP contribution in [-0.4, -0.2) is 37.3 Å². The number of rotatable bonds is 6. The largest absolute Gasteiger partial charge is 0.449 e. The zero-order chi connectivity index (χ0) is 19.5. The maximum atomic E-state index is 12.5. The highest BCUT2D eigenvalue weighted by molar-refractivity contribution is 7.91. The molecule has 0 saturated carbocycles. The molecule has 0 aliphatic rings. The molecule has 0 radical (unpaired) electrons. The first-order chi connectivity index (χ1) is 12.1. The summed E-state index contributed by atoms with van der Waals surface area (Å²) in [6.45, 7) is 2.94. The normalized spacial score (nSPS) is 12.7. The Morgan fingerprint density at radius 1 is 1.23 bits per heavy atom. The van der Waals surface area contributed by atoms with Crippen molar-refractivity contribution in [3.8, 4) is 0 Å². The number of nitrogens with one attached hydrogen (secondary N) is 1. The molecule has 0 aliphatic heterocycles. The summed E-state index contributed by atoms with van der Waals surface area (Å²) in [5.74, 6) is -4.53. The average Bonchev–Trinajstić information content (AvgIpc) is 2.99. The van der Waals surface area contributed by atoms with Crippen LogP contribution in [0.25, 0.3) is 0 Å². The third-order valence-corrected chi connectivity index (χ3v) is 4.58. The Hall–Kier alpha value is -2.82. The number of aryl methyl sites for hydroxylation is 1. The van der Waals surface area contributed by atoms with Crippen LogP contribution in [-0.2, 0) is 19.4 Å². The fourth-order valence-corrected chi connectivity index (χ4v) is 2.54. The quantitative estimate of drug-likeness (QED) is 0.754. The van der Waals surface area contributed by atoms with Gasteiger partial charge in [-0.3, -0.25) is 4.79 Å². The van der Waals surface area contributed by atoms with E-state index in [9.17, 15) is 26.8 Å². The number of hydrogen-bond acceptors (Lipinski definition) is 7. The van der Waals surface area contributed by atoms with Gasteiger partial charge in [-0.1, -0.05) is 5.16 Å². The minimum absolute atomic E-state index is 0.102. The molecule has 0 unspecified atom stereocenters. The van der Waals surface area contributed by atoms with Crippen LogP contribution in [0.15, 0.2) is 39.8 Å². The van der Waals surface area contributed by atoms with E-state index in [1.807, 2.05) is 0 Å². The van der Waals surface area contributed by atoms with Crippen LogP contribution in [0.2, 0.25) is 0 Å². The van der Waals surface area contributed by atoms with Crippen LogP contribution in [0.5, 0.6) is 0 Å². The summed E-state index contributed by atoms with van der Waals surface area (Å²) in [6.07, 6.45) is -1.19. The Morgan fingerprint density at radius 3 is 2.35 bits per heavy atom. The molecule has 0 fully saturated rings. The molecule has 1 N–H and O–H groups in total. The molecule has 0 spiro atoms. The molecule has 1 aromatic heterocycles. The zero-order valence-electron chi connectivity index (χ0n) is 13.6. The summed E-state index contributed by atoms with van der Waals surface area (Å²) in [7, 11) is -4.75. The molecule has 1 aromatic carbocycles. The van der Waals surface area contributed by atoms with Gasteiger partial charge < -0.3 is 14.6 Å². The Balaban J connectivity index is 2.01. The Bertz CT molecular complexity index is 908. The minimum Gasteiger partial charge on any atom is -0.449 e. The summed E-state index contributed by atoms with van der Waals surface area (Å²) in [4.78, 5) is 23.3. The van der Waals surface area contributed by atoms with Crippen LogP contribution < -0.4 is 5.32 Å². The van der Waals surface area contributed by atoms with Crippen molar-refractivity contribution in [1.29, 1.82) is 0 Å². The first kappa shape index (κ1) is 19.5. The molecule has 26 heavy (non-hydrogen) atoms. The van der Waals surface area contributed by atoms with Crippen molar-refractivity contribution in [1.82, 2.24) is 5.16 Å². The lowest BCUT2D eigenvalue weighted by molar-refractivity contribution is -0.123. The summed E-state index contributed by atoms with van der Waals surface area (Å²) in [5, 5.41) is 5.93. The van der Waals surface area contributed by atoms with Crippen LogP contribution in [0.4, 0.5) is 14.6 Å². The lowest BCUT2D eigenvalue weighted by atomic mass is 10.2. The van der Waals surface area contributed by atoms with Crippen LogP contribution in [0, 0.1) is 6.92 Å². The highest BCUT2D eigenvalue weighted by Gasteiger charge is 2.27. The third-order valence-electron chi connectivity index (χ3n) is 3.19. The molecule has 1 amide bonds.